The Balaban J connectivity index is 2.44. The Bertz CT molecular complexity index is 561. The number of ketones is 1. The van der Waals surface area contributed by atoms with Gasteiger partial charge in [0.2, 0.25) is 0 Å². The molecule has 0 radical (unpaired) electrons. The highest BCUT2D eigenvalue weighted by Gasteiger charge is 2.13. The van der Waals surface area contributed by atoms with E-state index in [0.717, 1.165) is 19.2 Å². The average molecular weight is 401 g/mol. The van der Waals surface area contributed by atoms with Gasteiger partial charge in [-0.2, -0.15) is 0 Å². The molecular formula is C14H10BrIO. The summed E-state index contributed by atoms with van der Waals surface area (Å²) in [5.41, 5.74) is 2.50. The van der Waals surface area contributed by atoms with E-state index in [-0.39, 0.29) is 5.78 Å². The zero-order chi connectivity index (χ0) is 12.4. The Morgan fingerprint density at radius 3 is 2.41 bits per heavy atom. The van der Waals surface area contributed by atoms with Crippen molar-refractivity contribution in [3.63, 3.8) is 0 Å². The topological polar surface area (TPSA) is 17.1 Å². The maximum absolute atomic E-state index is 12.3. The first-order valence-electron chi connectivity index (χ1n) is 5.15. The molecule has 0 aliphatic rings. The number of hydrogen-bond donors (Lipinski definition) is 0. The molecule has 0 aliphatic heterocycles. The van der Waals surface area contributed by atoms with Crippen molar-refractivity contribution in [1.29, 1.82) is 0 Å². The number of rotatable bonds is 2. The summed E-state index contributed by atoms with van der Waals surface area (Å²) in [5, 5.41) is 0. The van der Waals surface area contributed by atoms with Crippen LogP contribution in [0.5, 0.6) is 0 Å². The van der Waals surface area contributed by atoms with Gasteiger partial charge in [-0.05, 0) is 81.3 Å². The Kier molecular flexibility index (Phi) is 3.99. The molecule has 1 nitrogen and oxygen atoms in total. The third-order valence-corrected chi connectivity index (χ3v) is 4.31. The van der Waals surface area contributed by atoms with Crippen LogP contribution < -0.4 is 0 Å². The summed E-state index contributed by atoms with van der Waals surface area (Å²) in [7, 11) is 0. The molecule has 0 saturated carbocycles. The zero-order valence-corrected chi connectivity index (χ0v) is 12.9. The van der Waals surface area contributed by atoms with Gasteiger partial charge >= 0.3 is 0 Å². The van der Waals surface area contributed by atoms with Crippen LogP contribution >= 0.6 is 38.5 Å². The average Bonchev–Trinajstić information content (AvgIpc) is 2.33. The predicted molar refractivity (Wildman–Crippen MR) is 81.5 cm³/mol. The van der Waals surface area contributed by atoms with E-state index in [9.17, 15) is 4.79 Å². The normalized spacial score (nSPS) is 10.3. The molecule has 0 heterocycles. The summed E-state index contributed by atoms with van der Waals surface area (Å²) in [5.74, 6) is 0.0528. The quantitative estimate of drug-likeness (QED) is 0.532. The number of aryl methyl sites for hydroxylation is 1. The molecular weight excluding hydrogens is 391 g/mol. The lowest BCUT2D eigenvalue weighted by atomic mass is 10.0. The first-order valence-corrected chi connectivity index (χ1v) is 7.02. The number of carbonyl (C=O) groups is 1. The minimum Gasteiger partial charge on any atom is -0.289 e. The first-order chi connectivity index (χ1) is 8.09. The third-order valence-electron chi connectivity index (χ3n) is 2.54. The van der Waals surface area contributed by atoms with Crippen molar-refractivity contribution in [2.75, 3.05) is 0 Å². The lowest BCUT2D eigenvalue weighted by Crippen LogP contribution is -2.03. The van der Waals surface area contributed by atoms with Gasteiger partial charge in [0.1, 0.15) is 0 Å². The molecule has 0 atom stereocenters. The van der Waals surface area contributed by atoms with Crippen molar-refractivity contribution < 1.29 is 4.79 Å². The lowest BCUT2D eigenvalue weighted by molar-refractivity contribution is 0.103. The van der Waals surface area contributed by atoms with Crippen molar-refractivity contribution in [2.24, 2.45) is 0 Å². The summed E-state index contributed by atoms with van der Waals surface area (Å²) < 4.78 is 2.01. The van der Waals surface area contributed by atoms with Gasteiger partial charge in [-0.1, -0.05) is 12.1 Å². The van der Waals surface area contributed by atoms with E-state index in [4.69, 9.17) is 0 Å². The van der Waals surface area contributed by atoms with Crippen LogP contribution in [-0.2, 0) is 0 Å². The van der Waals surface area contributed by atoms with Gasteiger partial charge in [-0.15, -0.1) is 0 Å². The molecule has 0 fully saturated rings. The van der Waals surface area contributed by atoms with Gasteiger partial charge in [0.05, 0.1) is 0 Å². The standard InChI is InChI=1S/C14H10BrIO/c1-9-3-2-4-12(13(9)15)14(17)10-5-7-11(16)8-6-10/h2-8H,1H3. The monoisotopic (exact) mass is 400 g/mol. The van der Waals surface area contributed by atoms with Gasteiger partial charge in [-0.25, -0.2) is 0 Å². The molecule has 17 heavy (non-hydrogen) atoms. The number of benzene rings is 2. The summed E-state index contributed by atoms with van der Waals surface area (Å²) in [6, 6.07) is 13.3. The van der Waals surface area contributed by atoms with E-state index in [1.165, 1.54) is 0 Å². The molecule has 3 heteroatoms. The van der Waals surface area contributed by atoms with Crippen molar-refractivity contribution >= 4 is 44.3 Å². The highest BCUT2D eigenvalue weighted by atomic mass is 127. The predicted octanol–water partition coefficient (Wildman–Crippen LogP) is 4.59. The molecule has 2 aromatic carbocycles. The Labute approximate surface area is 123 Å². The lowest BCUT2D eigenvalue weighted by Gasteiger charge is -2.06. The summed E-state index contributed by atoms with van der Waals surface area (Å²) >= 11 is 5.70. The molecule has 0 bridgehead atoms. The summed E-state index contributed by atoms with van der Waals surface area (Å²) in [6.07, 6.45) is 0. The van der Waals surface area contributed by atoms with Crippen molar-refractivity contribution in [3.8, 4) is 0 Å². The maximum Gasteiger partial charge on any atom is 0.194 e. The van der Waals surface area contributed by atoms with Crippen LogP contribution in [0.3, 0.4) is 0 Å². The second kappa shape index (κ2) is 5.31. The molecule has 86 valence electrons. The third kappa shape index (κ3) is 2.77. The highest BCUT2D eigenvalue weighted by Crippen LogP contribution is 2.23. The molecule has 0 spiro atoms. The van der Waals surface area contributed by atoms with Gasteiger partial charge < -0.3 is 0 Å². The van der Waals surface area contributed by atoms with E-state index in [0.29, 0.717) is 5.56 Å². The fraction of sp³-hybridized carbons (Fsp3) is 0.0714. The van der Waals surface area contributed by atoms with Crippen LogP contribution in [0.2, 0.25) is 0 Å². The molecule has 0 aromatic heterocycles. The first kappa shape index (κ1) is 12.8. The summed E-state index contributed by atoms with van der Waals surface area (Å²) in [6.45, 7) is 1.98. The van der Waals surface area contributed by atoms with Gasteiger partial charge in [0, 0.05) is 19.2 Å². The SMILES string of the molecule is Cc1cccc(C(=O)c2ccc(I)cc2)c1Br. The van der Waals surface area contributed by atoms with E-state index < -0.39 is 0 Å². The fourth-order valence-electron chi connectivity index (χ4n) is 1.58. The Morgan fingerprint density at radius 1 is 1.12 bits per heavy atom. The molecule has 0 amide bonds. The van der Waals surface area contributed by atoms with E-state index in [2.05, 4.69) is 38.5 Å². The minimum absolute atomic E-state index is 0.0528. The van der Waals surface area contributed by atoms with E-state index >= 15 is 0 Å². The van der Waals surface area contributed by atoms with Gasteiger partial charge in [0.15, 0.2) is 5.78 Å². The summed E-state index contributed by atoms with van der Waals surface area (Å²) in [4.78, 5) is 12.3. The largest absolute Gasteiger partial charge is 0.289 e. The molecule has 0 unspecified atom stereocenters. The second-order valence-electron chi connectivity index (χ2n) is 3.77. The highest BCUT2D eigenvalue weighted by molar-refractivity contribution is 14.1. The zero-order valence-electron chi connectivity index (χ0n) is 9.21. The van der Waals surface area contributed by atoms with Crippen LogP contribution in [0.1, 0.15) is 21.5 Å². The molecule has 0 saturated heterocycles. The van der Waals surface area contributed by atoms with Gasteiger partial charge in [-0.3, -0.25) is 4.79 Å². The minimum atomic E-state index is 0.0528. The molecule has 2 rings (SSSR count). The van der Waals surface area contributed by atoms with Crippen LogP contribution in [-0.4, -0.2) is 5.78 Å². The number of hydrogen-bond acceptors (Lipinski definition) is 1. The van der Waals surface area contributed by atoms with Gasteiger partial charge in [0.25, 0.3) is 0 Å². The molecule has 0 N–H and O–H groups in total. The van der Waals surface area contributed by atoms with Crippen LogP contribution in [0.15, 0.2) is 46.9 Å². The number of carbonyl (C=O) groups excluding carboxylic acids is 1. The molecule has 2 aromatic rings. The Hall–Kier alpha value is -0.680. The smallest absolute Gasteiger partial charge is 0.194 e. The van der Waals surface area contributed by atoms with E-state index in [1.807, 2.05) is 49.4 Å². The van der Waals surface area contributed by atoms with Crippen LogP contribution in [0.4, 0.5) is 0 Å². The van der Waals surface area contributed by atoms with Crippen LogP contribution in [0.25, 0.3) is 0 Å². The van der Waals surface area contributed by atoms with E-state index in [1.54, 1.807) is 0 Å². The van der Waals surface area contributed by atoms with Crippen molar-refractivity contribution in [3.05, 3.63) is 67.2 Å². The second-order valence-corrected chi connectivity index (χ2v) is 5.81. The van der Waals surface area contributed by atoms with Crippen molar-refractivity contribution in [2.45, 2.75) is 6.92 Å². The van der Waals surface area contributed by atoms with Crippen molar-refractivity contribution in [1.82, 2.24) is 0 Å². The number of halogens is 2. The Morgan fingerprint density at radius 2 is 1.76 bits per heavy atom. The maximum atomic E-state index is 12.3. The molecule has 0 aliphatic carbocycles. The van der Waals surface area contributed by atoms with Crippen LogP contribution in [0, 0.1) is 10.5 Å². The fourth-order valence-corrected chi connectivity index (χ4v) is 2.38.